The predicted molar refractivity (Wildman–Crippen MR) is 131 cm³/mol. The molecule has 1 N–H and O–H groups in total. The molecule has 186 valence electrons. The van der Waals surface area contributed by atoms with Gasteiger partial charge in [-0.15, -0.1) is 0 Å². The number of carbonyl (C=O) groups is 2. The van der Waals surface area contributed by atoms with Crippen molar-refractivity contribution in [3.63, 3.8) is 0 Å². The molecule has 0 aliphatic rings. The van der Waals surface area contributed by atoms with Gasteiger partial charge < -0.3 is 14.6 Å². The molecule has 0 heterocycles. The van der Waals surface area contributed by atoms with Gasteiger partial charge in [0.05, 0.1) is 18.6 Å². The van der Waals surface area contributed by atoms with E-state index < -0.39 is 23.6 Å². The van der Waals surface area contributed by atoms with Crippen molar-refractivity contribution in [3.05, 3.63) is 58.9 Å². The minimum atomic E-state index is -1.15. The summed E-state index contributed by atoms with van der Waals surface area (Å²) in [7, 11) is 0. The maximum absolute atomic E-state index is 14.2. The number of aliphatic hydroxyl groups excluding tert-OH is 1. The lowest BCUT2D eigenvalue weighted by Gasteiger charge is -2.30. The summed E-state index contributed by atoms with van der Waals surface area (Å²) in [5.41, 5.74) is 0.209. The fourth-order valence-electron chi connectivity index (χ4n) is 3.86. The molecule has 0 spiro atoms. The normalized spacial score (nSPS) is 14.2. The van der Waals surface area contributed by atoms with Crippen LogP contribution in [0.15, 0.2) is 42.5 Å². The van der Waals surface area contributed by atoms with Crippen LogP contribution in [0.1, 0.15) is 53.0 Å². The zero-order valence-corrected chi connectivity index (χ0v) is 21.2. The number of carbonyl (C=O) groups excluding carboxylic acids is 2. The number of hydrogen-bond donors (Lipinski definition) is 1. The monoisotopic (exact) mass is 492 g/mol. The SMILES string of the molecule is CCOC(=O)[C@](C)(CO)C[C@H](CC(=O)OC(C)(C)C)Cc1ccc(-c2cc(Cl)ccc2F)cc1. The van der Waals surface area contributed by atoms with Gasteiger partial charge >= 0.3 is 11.9 Å². The van der Waals surface area contributed by atoms with E-state index in [1.54, 1.807) is 52.8 Å². The average molecular weight is 493 g/mol. The van der Waals surface area contributed by atoms with Gasteiger partial charge in [-0.25, -0.2) is 4.39 Å². The van der Waals surface area contributed by atoms with E-state index in [-0.39, 0.29) is 37.2 Å². The van der Waals surface area contributed by atoms with Crippen LogP contribution in [-0.2, 0) is 25.5 Å². The first-order valence-corrected chi connectivity index (χ1v) is 11.8. The van der Waals surface area contributed by atoms with Crippen LogP contribution in [0.2, 0.25) is 5.02 Å². The van der Waals surface area contributed by atoms with Gasteiger partial charge in [0.2, 0.25) is 0 Å². The second-order valence-electron chi connectivity index (χ2n) is 9.83. The van der Waals surface area contributed by atoms with Gasteiger partial charge in [0.25, 0.3) is 0 Å². The van der Waals surface area contributed by atoms with Crippen LogP contribution >= 0.6 is 11.6 Å². The minimum Gasteiger partial charge on any atom is -0.466 e. The summed E-state index contributed by atoms with van der Waals surface area (Å²) in [4.78, 5) is 25.1. The highest BCUT2D eigenvalue weighted by Gasteiger charge is 2.37. The third-order valence-electron chi connectivity index (χ3n) is 5.45. The molecule has 7 heteroatoms. The van der Waals surface area contributed by atoms with Crippen LogP contribution in [0, 0.1) is 17.2 Å². The molecule has 0 saturated heterocycles. The number of ether oxygens (including phenoxy) is 2. The number of aliphatic hydroxyl groups is 1. The lowest BCUT2D eigenvalue weighted by molar-refractivity contribution is -0.161. The second-order valence-corrected chi connectivity index (χ2v) is 10.3. The maximum Gasteiger partial charge on any atom is 0.314 e. The molecule has 2 rings (SSSR count). The van der Waals surface area contributed by atoms with Gasteiger partial charge in [0.15, 0.2) is 0 Å². The Morgan fingerprint density at radius 3 is 2.29 bits per heavy atom. The van der Waals surface area contributed by atoms with Crippen LogP contribution in [0.25, 0.3) is 11.1 Å². The number of halogens is 2. The predicted octanol–water partition coefficient (Wildman–Crippen LogP) is 5.99. The first kappa shape index (κ1) is 27.8. The van der Waals surface area contributed by atoms with Crippen LogP contribution in [0.5, 0.6) is 0 Å². The molecular formula is C27H34ClFO5. The third kappa shape index (κ3) is 8.10. The molecule has 0 fully saturated rings. The van der Waals surface area contributed by atoms with Gasteiger partial charge in [-0.3, -0.25) is 9.59 Å². The van der Waals surface area contributed by atoms with Crippen LogP contribution in [0.3, 0.4) is 0 Å². The Morgan fingerprint density at radius 1 is 1.09 bits per heavy atom. The molecule has 0 saturated carbocycles. The molecule has 5 nitrogen and oxygen atoms in total. The second kappa shape index (κ2) is 11.8. The lowest BCUT2D eigenvalue weighted by atomic mass is 9.78. The number of esters is 2. The van der Waals surface area contributed by atoms with E-state index >= 15 is 0 Å². The Labute approximate surface area is 206 Å². The number of rotatable bonds is 10. The van der Waals surface area contributed by atoms with Gasteiger partial charge in [-0.1, -0.05) is 35.9 Å². The molecule has 2 atom stereocenters. The van der Waals surface area contributed by atoms with E-state index in [4.69, 9.17) is 21.1 Å². The van der Waals surface area contributed by atoms with Crippen molar-refractivity contribution in [2.75, 3.05) is 13.2 Å². The van der Waals surface area contributed by atoms with Crippen molar-refractivity contribution in [1.29, 1.82) is 0 Å². The number of benzene rings is 2. The molecule has 0 aliphatic carbocycles. The molecule has 34 heavy (non-hydrogen) atoms. The first-order chi connectivity index (χ1) is 15.9. The van der Waals surface area contributed by atoms with Crippen molar-refractivity contribution >= 4 is 23.5 Å². The molecule has 0 bridgehead atoms. The van der Waals surface area contributed by atoms with Crippen molar-refractivity contribution in [3.8, 4) is 11.1 Å². The average Bonchev–Trinajstić information content (AvgIpc) is 2.74. The fraction of sp³-hybridized carbons (Fsp3) is 0.481. The Hall–Kier alpha value is -2.44. The fourth-order valence-corrected chi connectivity index (χ4v) is 4.03. The molecule has 2 aromatic rings. The van der Waals surface area contributed by atoms with Crippen molar-refractivity contribution in [2.24, 2.45) is 11.3 Å². The first-order valence-electron chi connectivity index (χ1n) is 11.4. The molecule has 0 aromatic heterocycles. The van der Waals surface area contributed by atoms with E-state index in [1.165, 1.54) is 12.1 Å². The van der Waals surface area contributed by atoms with Crippen molar-refractivity contribution in [2.45, 2.75) is 59.5 Å². The summed E-state index contributed by atoms with van der Waals surface area (Å²) >= 11 is 6.02. The van der Waals surface area contributed by atoms with E-state index in [1.807, 2.05) is 12.1 Å². The highest BCUT2D eigenvalue weighted by Crippen LogP contribution is 2.33. The Morgan fingerprint density at radius 2 is 1.74 bits per heavy atom. The van der Waals surface area contributed by atoms with E-state index in [0.717, 1.165) is 5.56 Å². The molecule has 0 radical (unpaired) electrons. The highest BCUT2D eigenvalue weighted by molar-refractivity contribution is 6.30. The number of hydrogen-bond acceptors (Lipinski definition) is 5. The summed E-state index contributed by atoms with van der Waals surface area (Å²) in [5.74, 6) is -1.53. The summed E-state index contributed by atoms with van der Waals surface area (Å²) < 4.78 is 24.9. The topological polar surface area (TPSA) is 72.8 Å². The quantitative estimate of drug-likeness (QED) is 0.412. The molecule has 0 unspecified atom stereocenters. The molecule has 0 amide bonds. The molecule has 0 aliphatic heterocycles. The van der Waals surface area contributed by atoms with Gasteiger partial charge in [0.1, 0.15) is 11.4 Å². The van der Waals surface area contributed by atoms with Gasteiger partial charge in [0, 0.05) is 17.0 Å². The highest BCUT2D eigenvalue weighted by atomic mass is 35.5. The summed E-state index contributed by atoms with van der Waals surface area (Å²) in [6.45, 7) is 8.53. The molecular weight excluding hydrogens is 459 g/mol. The zero-order chi connectivity index (χ0) is 25.5. The summed E-state index contributed by atoms with van der Waals surface area (Å²) in [5, 5.41) is 10.4. The Balaban J connectivity index is 2.27. The lowest BCUT2D eigenvalue weighted by Crippen LogP contribution is -2.37. The van der Waals surface area contributed by atoms with Crippen molar-refractivity contribution in [1.82, 2.24) is 0 Å². The summed E-state index contributed by atoms with van der Waals surface area (Å²) in [6.07, 6.45) is 0.787. The standard InChI is InChI=1S/C27H34ClFO5/c1-6-33-25(32)27(5,17-30)16-19(14-24(31)34-26(2,3)4)13-18-7-9-20(10-8-18)22-15-21(28)11-12-23(22)29/h7-12,15,19,30H,6,13-14,16-17H2,1-5H3/t19-,27-/m0/s1. The zero-order valence-electron chi connectivity index (χ0n) is 20.5. The van der Waals surface area contributed by atoms with E-state index in [2.05, 4.69) is 0 Å². The van der Waals surface area contributed by atoms with E-state index in [9.17, 15) is 19.1 Å². The smallest absolute Gasteiger partial charge is 0.314 e. The van der Waals surface area contributed by atoms with Crippen molar-refractivity contribution < 1.29 is 28.6 Å². The van der Waals surface area contributed by atoms with E-state index in [0.29, 0.717) is 22.6 Å². The van der Waals surface area contributed by atoms with Gasteiger partial charge in [-0.05, 0) is 82.7 Å². The van der Waals surface area contributed by atoms with Gasteiger partial charge in [-0.2, -0.15) is 0 Å². The summed E-state index contributed by atoms with van der Waals surface area (Å²) in [6, 6.07) is 11.7. The largest absolute Gasteiger partial charge is 0.466 e. The van der Waals surface area contributed by atoms with Crippen LogP contribution in [-0.4, -0.2) is 35.9 Å². The Bertz CT molecular complexity index is 984. The van der Waals surface area contributed by atoms with Crippen LogP contribution in [0.4, 0.5) is 4.39 Å². The maximum atomic E-state index is 14.2. The van der Waals surface area contributed by atoms with Crippen LogP contribution < -0.4 is 0 Å². The molecule has 2 aromatic carbocycles. The minimum absolute atomic E-state index is 0.0803. The Kier molecular flexibility index (Phi) is 9.65. The third-order valence-corrected chi connectivity index (χ3v) is 5.68.